The summed E-state index contributed by atoms with van der Waals surface area (Å²) in [6.07, 6.45) is 3.02. The highest BCUT2D eigenvalue weighted by Crippen LogP contribution is 2.38. The zero-order valence-electron chi connectivity index (χ0n) is 12.7. The van der Waals surface area contributed by atoms with Crippen molar-refractivity contribution in [3.8, 4) is 0 Å². The van der Waals surface area contributed by atoms with Gasteiger partial charge in [0.2, 0.25) is 0 Å². The van der Waals surface area contributed by atoms with Gasteiger partial charge >= 0.3 is 7.12 Å². The zero-order valence-corrected chi connectivity index (χ0v) is 12.7. The van der Waals surface area contributed by atoms with Crippen LogP contribution in [0.25, 0.3) is 0 Å². The molecule has 2 rings (SSSR count). The molecule has 2 nitrogen and oxygen atoms in total. The zero-order chi connectivity index (χ0) is 14.8. The molecule has 0 bridgehead atoms. The number of allylic oxidation sites excluding steroid dienone is 1. The number of aryl methyl sites for hydroxylation is 1. The van der Waals surface area contributed by atoms with E-state index in [1.807, 2.05) is 58.0 Å². The molecular formula is C16H22BFO2. The molecule has 1 aliphatic rings. The lowest BCUT2D eigenvalue weighted by atomic mass is 9.87. The van der Waals surface area contributed by atoms with Crippen LogP contribution in [0.15, 0.2) is 42.1 Å². The van der Waals surface area contributed by atoms with Gasteiger partial charge in [0, 0.05) is 0 Å². The van der Waals surface area contributed by atoms with Gasteiger partial charge in [-0.05, 0) is 46.1 Å². The Labute approximate surface area is 121 Å². The Morgan fingerprint density at radius 3 is 2.20 bits per heavy atom. The molecule has 1 aliphatic heterocycles. The van der Waals surface area contributed by atoms with Gasteiger partial charge in [-0.3, -0.25) is 0 Å². The van der Waals surface area contributed by atoms with E-state index in [4.69, 9.17) is 9.31 Å². The first-order chi connectivity index (χ1) is 9.32. The first-order valence-electron chi connectivity index (χ1n) is 7.07. The Morgan fingerprint density at radius 2 is 1.65 bits per heavy atom. The van der Waals surface area contributed by atoms with Crippen molar-refractivity contribution in [3.05, 3.63) is 47.7 Å². The van der Waals surface area contributed by atoms with Crippen LogP contribution in [-0.4, -0.2) is 18.3 Å². The van der Waals surface area contributed by atoms with Gasteiger partial charge in [-0.2, -0.15) is 0 Å². The minimum atomic E-state index is -0.879. The fourth-order valence-electron chi connectivity index (χ4n) is 2.07. The Balaban J connectivity index is 1.92. The Bertz CT molecular complexity index is 467. The average molecular weight is 276 g/mol. The molecule has 0 atom stereocenters. The van der Waals surface area contributed by atoms with Gasteiger partial charge in [0.15, 0.2) is 0 Å². The molecule has 1 fully saturated rings. The van der Waals surface area contributed by atoms with E-state index in [2.05, 4.69) is 0 Å². The average Bonchev–Trinajstić information content (AvgIpc) is 2.60. The van der Waals surface area contributed by atoms with Crippen LogP contribution in [0.2, 0.25) is 0 Å². The van der Waals surface area contributed by atoms with Crippen molar-refractivity contribution >= 4 is 7.12 Å². The van der Waals surface area contributed by atoms with E-state index >= 15 is 0 Å². The SMILES string of the molecule is CC1(C)OB(/C(F)=C/CCc2ccccc2)OC1(C)C. The van der Waals surface area contributed by atoms with E-state index in [1.165, 1.54) is 5.56 Å². The molecule has 0 aromatic heterocycles. The lowest BCUT2D eigenvalue weighted by Gasteiger charge is -2.32. The summed E-state index contributed by atoms with van der Waals surface area (Å²) in [5, 5.41) is 0. The third kappa shape index (κ3) is 3.30. The fraction of sp³-hybridized carbons (Fsp3) is 0.500. The predicted molar refractivity (Wildman–Crippen MR) is 80.0 cm³/mol. The molecule has 4 heteroatoms. The van der Waals surface area contributed by atoms with Crippen LogP contribution in [0.3, 0.4) is 0 Å². The summed E-state index contributed by atoms with van der Waals surface area (Å²) in [5.74, 6) is 0. The third-order valence-electron chi connectivity index (χ3n) is 4.09. The largest absolute Gasteiger partial charge is 0.524 e. The molecule has 0 radical (unpaired) electrons. The normalized spacial score (nSPS) is 21.2. The summed E-state index contributed by atoms with van der Waals surface area (Å²) >= 11 is 0. The van der Waals surface area contributed by atoms with Crippen LogP contribution >= 0.6 is 0 Å². The van der Waals surface area contributed by atoms with Gasteiger partial charge in [0.05, 0.1) is 11.2 Å². The summed E-state index contributed by atoms with van der Waals surface area (Å²) < 4.78 is 25.4. The minimum Gasteiger partial charge on any atom is -0.398 e. The van der Waals surface area contributed by atoms with Crippen molar-refractivity contribution in [2.75, 3.05) is 0 Å². The highest BCUT2D eigenvalue weighted by atomic mass is 19.1. The van der Waals surface area contributed by atoms with E-state index in [1.54, 1.807) is 6.08 Å². The van der Waals surface area contributed by atoms with Crippen LogP contribution < -0.4 is 0 Å². The standard InChI is InChI=1S/C16H22BFO2/c1-15(2)16(3,4)20-17(19-15)14(18)12-8-11-13-9-6-5-7-10-13/h5-7,9-10,12H,8,11H2,1-4H3/b14-12-. The quantitative estimate of drug-likeness (QED) is 0.771. The maximum Gasteiger partial charge on any atom is 0.524 e. The molecule has 1 aromatic carbocycles. The maximum absolute atomic E-state index is 14.1. The van der Waals surface area contributed by atoms with Gasteiger partial charge in [-0.25, -0.2) is 4.39 Å². The van der Waals surface area contributed by atoms with Crippen LogP contribution in [0.1, 0.15) is 39.7 Å². The van der Waals surface area contributed by atoms with E-state index in [0.29, 0.717) is 6.42 Å². The van der Waals surface area contributed by atoms with Crippen LogP contribution in [-0.2, 0) is 15.7 Å². The minimum absolute atomic E-state index is 0.334. The van der Waals surface area contributed by atoms with Crippen molar-refractivity contribution in [1.29, 1.82) is 0 Å². The van der Waals surface area contributed by atoms with E-state index in [-0.39, 0.29) is 5.73 Å². The number of hydrogen-bond donors (Lipinski definition) is 0. The first-order valence-corrected chi connectivity index (χ1v) is 7.07. The van der Waals surface area contributed by atoms with E-state index in [9.17, 15) is 4.39 Å². The van der Waals surface area contributed by atoms with Gasteiger partial charge in [-0.15, -0.1) is 0 Å². The summed E-state index contributed by atoms with van der Waals surface area (Å²) in [6, 6.07) is 10.0. The topological polar surface area (TPSA) is 18.5 Å². The molecule has 0 spiro atoms. The number of halogens is 1. The molecule has 0 saturated carbocycles. The molecule has 1 aromatic rings. The molecule has 20 heavy (non-hydrogen) atoms. The Hall–Kier alpha value is -1.13. The summed E-state index contributed by atoms with van der Waals surface area (Å²) in [7, 11) is -0.879. The monoisotopic (exact) mass is 276 g/mol. The van der Waals surface area contributed by atoms with Crippen LogP contribution in [0.5, 0.6) is 0 Å². The van der Waals surface area contributed by atoms with Gasteiger partial charge < -0.3 is 9.31 Å². The van der Waals surface area contributed by atoms with Gasteiger partial charge in [-0.1, -0.05) is 36.4 Å². The van der Waals surface area contributed by atoms with Crippen LogP contribution in [0.4, 0.5) is 4.39 Å². The summed E-state index contributed by atoms with van der Waals surface area (Å²) in [6.45, 7) is 7.68. The van der Waals surface area contributed by atoms with Crippen molar-refractivity contribution in [3.63, 3.8) is 0 Å². The second-order valence-electron chi connectivity index (χ2n) is 6.20. The van der Waals surface area contributed by atoms with Gasteiger partial charge in [0.1, 0.15) is 5.73 Å². The van der Waals surface area contributed by atoms with E-state index < -0.39 is 18.3 Å². The molecule has 1 saturated heterocycles. The number of benzene rings is 1. The van der Waals surface area contributed by atoms with Crippen molar-refractivity contribution in [2.45, 2.75) is 51.7 Å². The molecule has 0 N–H and O–H groups in total. The van der Waals surface area contributed by atoms with E-state index in [0.717, 1.165) is 6.42 Å². The Kier molecular flexibility index (Phi) is 4.35. The number of hydrogen-bond acceptors (Lipinski definition) is 2. The lowest BCUT2D eigenvalue weighted by Crippen LogP contribution is -2.41. The molecule has 108 valence electrons. The number of rotatable bonds is 4. The van der Waals surface area contributed by atoms with Crippen LogP contribution in [0, 0.1) is 0 Å². The third-order valence-corrected chi connectivity index (χ3v) is 4.09. The van der Waals surface area contributed by atoms with Crippen molar-refractivity contribution in [1.82, 2.24) is 0 Å². The molecule has 1 heterocycles. The predicted octanol–water partition coefficient (Wildman–Crippen LogP) is 4.10. The molecule has 0 aliphatic carbocycles. The second-order valence-corrected chi connectivity index (χ2v) is 6.20. The summed E-state index contributed by atoms with van der Waals surface area (Å²) in [5.41, 5.74) is -0.130. The first kappa shape index (κ1) is 15.3. The molecule has 0 amide bonds. The molecule has 0 unspecified atom stereocenters. The maximum atomic E-state index is 14.1. The fourth-order valence-corrected chi connectivity index (χ4v) is 2.07. The highest BCUT2D eigenvalue weighted by Gasteiger charge is 2.52. The smallest absolute Gasteiger partial charge is 0.398 e. The Morgan fingerprint density at radius 1 is 1.10 bits per heavy atom. The van der Waals surface area contributed by atoms with Crippen molar-refractivity contribution in [2.24, 2.45) is 0 Å². The highest BCUT2D eigenvalue weighted by molar-refractivity contribution is 6.53. The molecular weight excluding hydrogens is 254 g/mol. The summed E-state index contributed by atoms with van der Waals surface area (Å²) in [4.78, 5) is 0. The van der Waals surface area contributed by atoms with Gasteiger partial charge in [0.25, 0.3) is 0 Å². The second kappa shape index (κ2) is 5.70. The lowest BCUT2D eigenvalue weighted by molar-refractivity contribution is 0.00578. The van der Waals surface area contributed by atoms with Crippen molar-refractivity contribution < 1.29 is 13.7 Å².